The number of anilines is 1. The lowest BCUT2D eigenvalue weighted by atomic mass is 10.1. The summed E-state index contributed by atoms with van der Waals surface area (Å²) in [5.41, 5.74) is 3.60. The lowest BCUT2D eigenvalue weighted by Crippen LogP contribution is -2.35. The van der Waals surface area contributed by atoms with E-state index in [0.29, 0.717) is 10.2 Å². The molecule has 1 heterocycles. The maximum atomic E-state index is 12.9. The maximum Gasteiger partial charge on any atom is 0.312 e. The van der Waals surface area contributed by atoms with Gasteiger partial charge >= 0.3 is 5.69 Å². The molecule has 2 amide bonds. The molecule has 0 aliphatic carbocycles. The van der Waals surface area contributed by atoms with Gasteiger partial charge in [0.2, 0.25) is 5.75 Å². The van der Waals surface area contributed by atoms with Crippen LogP contribution in [0, 0.1) is 10.1 Å². The predicted molar refractivity (Wildman–Crippen MR) is 122 cm³/mol. The largest absolute Gasteiger partial charge is 0.482 e. The van der Waals surface area contributed by atoms with Crippen LogP contribution >= 0.6 is 15.9 Å². The van der Waals surface area contributed by atoms with Crippen LogP contribution < -0.4 is 15.2 Å². The lowest BCUT2D eigenvalue weighted by molar-refractivity contribution is -0.386. The number of hydrogen-bond donors (Lipinski definition) is 1. The number of rotatable bonds is 6. The summed E-state index contributed by atoms with van der Waals surface area (Å²) in [5, 5.41) is 12.8. The minimum Gasteiger partial charge on any atom is -0.482 e. The quantitative estimate of drug-likeness (QED) is 0.237. The van der Waals surface area contributed by atoms with Gasteiger partial charge in [-0.3, -0.25) is 25.1 Å². The van der Waals surface area contributed by atoms with E-state index in [1.54, 1.807) is 36.4 Å². The third-order valence-corrected chi connectivity index (χ3v) is 5.15. The van der Waals surface area contributed by atoms with Crippen LogP contribution in [-0.4, -0.2) is 16.7 Å². The highest BCUT2D eigenvalue weighted by molar-refractivity contribution is 9.10. The molecule has 0 spiro atoms. The van der Waals surface area contributed by atoms with Crippen LogP contribution in [-0.2, 0) is 16.2 Å². The van der Waals surface area contributed by atoms with E-state index in [9.17, 15) is 19.7 Å². The summed E-state index contributed by atoms with van der Waals surface area (Å²) in [7, 11) is 0. The van der Waals surface area contributed by atoms with Crippen molar-refractivity contribution in [2.24, 2.45) is 0 Å². The number of halogens is 1. The van der Waals surface area contributed by atoms with Gasteiger partial charge in [0.25, 0.3) is 11.8 Å². The first-order chi connectivity index (χ1) is 15.4. The number of benzene rings is 3. The Labute approximate surface area is 191 Å². The number of nitrogens with one attached hydrogen (secondary N) is 1. The van der Waals surface area contributed by atoms with Gasteiger partial charge in [-0.1, -0.05) is 64.5 Å². The van der Waals surface area contributed by atoms with Crippen LogP contribution in [0.3, 0.4) is 0 Å². The summed E-state index contributed by atoms with van der Waals surface area (Å²) in [4.78, 5) is 36.5. The number of para-hydroxylation sites is 1. The number of carbonyl (C=O) groups excluding carboxylic acids is 2. The molecule has 0 unspecified atom stereocenters. The predicted octanol–water partition coefficient (Wildman–Crippen LogP) is 4.40. The number of nitro benzene ring substituents is 1. The number of hydrogen-bond acceptors (Lipinski definition) is 5. The van der Waals surface area contributed by atoms with Crippen LogP contribution in [0.25, 0.3) is 6.08 Å². The third-order valence-electron chi connectivity index (χ3n) is 4.69. The molecule has 9 heteroatoms. The van der Waals surface area contributed by atoms with Crippen molar-refractivity contribution in [3.63, 3.8) is 0 Å². The Balaban J connectivity index is 1.73. The number of amides is 2. The van der Waals surface area contributed by atoms with E-state index in [4.69, 9.17) is 4.74 Å². The molecule has 0 saturated carbocycles. The first kappa shape index (κ1) is 21.3. The van der Waals surface area contributed by atoms with Crippen molar-refractivity contribution < 1.29 is 19.2 Å². The Bertz CT molecular complexity index is 1230. The molecule has 1 aliphatic heterocycles. The van der Waals surface area contributed by atoms with Crippen LogP contribution in [0.1, 0.15) is 11.1 Å². The molecule has 1 aliphatic rings. The molecule has 3 aromatic rings. The Hall–Kier alpha value is -3.98. The van der Waals surface area contributed by atoms with Gasteiger partial charge in [0.1, 0.15) is 12.2 Å². The molecule has 4 rings (SSSR count). The van der Waals surface area contributed by atoms with E-state index >= 15 is 0 Å². The minimum atomic E-state index is -0.615. The van der Waals surface area contributed by atoms with Gasteiger partial charge in [0.15, 0.2) is 0 Å². The number of carbonyl (C=O) groups is 2. The summed E-state index contributed by atoms with van der Waals surface area (Å²) < 4.78 is 6.21. The molecule has 0 bridgehead atoms. The highest BCUT2D eigenvalue weighted by atomic mass is 79.9. The first-order valence-electron chi connectivity index (χ1n) is 9.51. The van der Waals surface area contributed by atoms with E-state index in [-0.39, 0.29) is 29.2 Å². The smallest absolute Gasteiger partial charge is 0.312 e. The lowest BCUT2D eigenvalue weighted by Gasteiger charge is -2.14. The minimum absolute atomic E-state index is 0.0340. The van der Waals surface area contributed by atoms with Crippen molar-refractivity contribution >= 4 is 45.2 Å². The third kappa shape index (κ3) is 4.37. The molecular formula is C23H16BrN3O5. The fourth-order valence-corrected chi connectivity index (χ4v) is 3.66. The van der Waals surface area contributed by atoms with Gasteiger partial charge in [-0.2, -0.15) is 0 Å². The Morgan fingerprint density at radius 1 is 1.03 bits per heavy atom. The summed E-state index contributed by atoms with van der Waals surface area (Å²) in [6.45, 7) is 0.0791. The number of nitro groups is 1. The average Bonchev–Trinajstić information content (AvgIpc) is 3.07. The zero-order chi connectivity index (χ0) is 22.7. The second-order valence-corrected chi connectivity index (χ2v) is 7.77. The molecule has 1 saturated heterocycles. The van der Waals surface area contributed by atoms with Crippen LogP contribution in [0.2, 0.25) is 0 Å². The zero-order valence-corrected chi connectivity index (χ0v) is 18.1. The van der Waals surface area contributed by atoms with Crippen molar-refractivity contribution in [3.8, 4) is 5.75 Å². The fraction of sp³-hybridized carbons (Fsp3) is 0.0435. The molecule has 8 nitrogen and oxygen atoms in total. The topological polar surface area (TPSA) is 102 Å². The molecule has 1 fully saturated rings. The van der Waals surface area contributed by atoms with Crippen LogP contribution in [0.5, 0.6) is 5.75 Å². The van der Waals surface area contributed by atoms with Crippen molar-refractivity contribution in [2.45, 2.75) is 6.61 Å². The summed E-state index contributed by atoms with van der Waals surface area (Å²) >= 11 is 3.25. The maximum absolute atomic E-state index is 12.9. The van der Waals surface area contributed by atoms with E-state index < -0.39 is 16.7 Å². The van der Waals surface area contributed by atoms with E-state index in [1.807, 2.05) is 30.3 Å². The second-order valence-electron chi connectivity index (χ2n) is 6.85. The standard InChI is InChI=1S/C23H16BrN3O5/c24-17-11-16(12-19-22(28)25-26(23(19)29)18-9-5-2-6-10-18)21(20(13-17)27(30)31)32-14-15-7-3-1-4-8-15/h1-13H,14H2,(H,25,28). The van der Waals surface area contributed by atoms with Crippen molar-refractivity contribution in [1.82, 2.24) is 5.43 Å². The molecule has 1 N–H and O–H groups in total. The van der Waals surface area contributed by atoms with Crippen LogP contribution in [0.4, 0.5) is 11.4 Å². The van der Waals surface area contributed by atoms with Crippen LogP contribution in [0.15, 0.2) is 82.8 Å². The Morgan fingerprint density at radius 2 is 1.69 bits per heavy atom. The molecule has 3 aromatic carbocycles. The summed E-state index contributed by atoms with van der Waals surface area (Å²) in [6.07, 6.45) is 1.30. The monoisotopic (exact) mass is 493 g/mol. The van der Waals surface area contributed by atoms with E-state index in [2.05, 4.69) is 21.4 Å². The summed E-state index contributed by atoms with van der Waals surface area (Å²) in [5.74, 6) is -1.22. The molecule has 0 aromatic heterocycles. The normalized spacial score (nSPS) is 14.5. The molecule has 32 heavy (non-hydrogen) atoms. The Kier molecular flexibility index (Phi) is 6.00. The SMILES string of the molecule is O=C1NN(c2ccccc2)C(=O)C1=Cc1cc(Br)cc([N+](=O)[O-])c1OCc1ccccc1. The zero-order valence-electron chi connectivity index (χ0n) is 16.5. The highest BCUT2D eigenvalue weighted by Gasteiger charge is 2.35. The number of hydrazine groups is 1. The van der Waals surface area contributed by atoms with E-state index in [0.717, 1.165) is 10.6 Å². The number of nitrogens with zero attached hydrogens (tertiary/aromatic N) is 2. The molecule has 160 valence electrons. The van der Waals surface area contributed by atoms with Crippen molar-refractivity contribution in [1.29, 1.82) is 0 Å². The second kappa shape index (κ2) is 9.03. The van der Waals surface area contributed by atoms with Gasteiger partial charge in [-0.15, -0.1) is 0 Å². The Morgan fingerprint density at radius 3 is 2.34 bits per heavy atom. The van der Waals surface area contributed by atoms with Crippen molar-refractivity contribution in [3.05, 3.63) is 104 Å². The van der Waals surface area contributed by atoms with Crippen molar-refractivity contribution in [2.75, 3.05) is 5.01 Å². The van der Waals surface area contributed by atoms with Gasteiger partial charge in [-0.25, -0.2) is 5.01 Å². The highest BCUT2D eigenvalue weighted by Crippen LogP contribution is 2.37. The fourth-order valence-electron chi connectivity index (χ4n) is 3.20. The van der Waals surface area contributed by atoms with Gasteiger partial charge in [0, 0.05) is 16.1 Å². The van der Waals surface area contributed by atoms with Gasteiger partial charge < -0.3 is 4.74 Å². The van der Waals surface area contributed by atoms with E-state index in [1.165, 1.54) is 12.1 Å². The molecular weight excluding hydrogens is 478 g/mol. The molecule has 0 atom stereocenters. The number of ether oxygens (including phenoxy) is 1. The summed E-state index contributed by atoms with van der Waals surface area (Å²) in [6, 6.07) is 20.7. The van der Waals surface area contributed by atoms with Gasteiger partial charge in [0.05, 0.1) is 10.6 Å². The first-order valence-corrected chi connectivity index (χ1v) is 10.3. The molecule has 0 radical (unpaired) electrons. The average molecular weight is 494 g/mol. The van der Waals surface area contributed by atoms with Gasteiger partial charge in [-0.05, 0) is 29.8 Å².